The van der Waals surface area contributed by atoms with Crippen LogP contribution in [0.5, 0.6) is 0 Å². The molecular weight excluding hydrogens is 363 g/mol. The minimum atomic E-state index is -0.364. The summed E-state index contributed by atoms with van der Waals surface area (Å²) in [5.74, 6) is -0.136. The van der Waals surface area contributed by atoms with Gasteiger partial charge in [0.1, 0.15) is 24.8 Å². The van der Waals surface area contributed by atoms with Gasteiger partial charge in [0.15, 0.2) is 0 Å². The number of nitrogens with zero attached hydrogens (tertiary/aromatic N) is 2. The first-order valence-electron chi connectivity index (χ1n) is 8.82. The molecule has 2 N–H and O–H groups in total. The molecule has 0 saturated carbocycles. The predicted octanol–water partition coefficient (Wildman–Crippen LogP) is 2.12. The van der Waals surface area contributed by atoms with Crippen LogP contribution in [0.1, 0.15) is 5.82 Å². The zero-order valence-corrected chi connectivity index (χ0v) is 15.4. The number of nitrogens with one attached hydrogen (secondary N) is 2. The topological polar surface area (TPSA) is 85.2 Å². The lowest BCUT2D eigenvalue weighted by molar-refractivity contribution is -0.124. The molecule has 8 heteroatoms. The van der Waals surface area contributed by atoms with Crippen LogP contribution in [0, 0.1) is 5.82 Å². The van der Waals surface area contributed by atoms with Crippen molar-refractivity contribution in [3.63, 3.8) is 0 Å². The lowest BCUT2D eigenvalue weighted by atomic mass is 10.3. The quantitative estimate of drug-likeness (QED) is 0.623. The SMILES string of the molecule is COCC(=O)NCCc1nc2ccccc2n1CC(=O)Nc1ccc(F)cc1. The molecule has 1 aromatic heterocycles. The summed E-state index contributed by atoms with van der Waals surface area (Å²) in [6, 6.07) is 13.1. The van der Waals surface area contributed by atoms with Crippen LogP contribution in [0.25, 0.3) is 11.0 Å². The van der Waals surface area contributed by atoms with E-state index >= 15 is 0 Å². The van der Waals surface area contributed by atoms with E-state index in [9.17, 15) is 14.0 Å². The van der Waals surface area contributed by atoms with Gasteiger partial charge >= 0.3 is 0 Å². The van der Waals surface area contributed by atoms with E-state index < -0.39 is 0 Å². The summed E-state index contributed by atoms with van der Waals surface area (Å²) in [5, 5.41) is 5.50. The molecule has 0 aliphatic heterocycles. The fourth-order valence-corrected chi connectivity index (χ4v) is 2.87. The first kappa shape index (κ1) is 19.5. The Bertz CT molecular complexity index is 969. The van der Waals surface area contributed by atoms with Gasteiger partial charge in [-0.1, -0.05) is 12.1 Å². The van der Waals surface area contributed by atoms with Gasteiger partial charge in [0, 0.05) is 25.8 Å². The molecule has 0 aliphatic rings. The summed E-state index contributed by atoms with van der Waals surface area (Å²) in [4.78, 5) is 28.6. The lowest BCUT2D eigenvalue weighted by Crippen LogP contribution is -2.30. The van der Waals surface area contributed by atoms with Crippen molar-refractivity contribution in [3.8, 4) is 0 Å². The molecular formula is C20H21FN4O3. The van der Waals surface area contributed by atoms with Crippen molar-refractivity contribution in [3.05, 3.63) is 60.2 Å². The number of imidazole rings is 1. The fraction of sp³-hybridized carbons (Fsp3) is 0.250. The zero-order valence-electron chi connectivity index (χ0n) is 15.4. The second-order valence-electron chi connectivity index (χ2n) is 6.19. The minimum Gasteiger partial charge on any atom is -0.375 e. The van der Waals surface area contributed by atoms with Gasteiger partial charge in [-0.25, -0.2) is 9.37 Å². The number of methoxy groups -OCH3 is 1. The van der Waals surface area contributed by atoms with Crippen molar-refractivity contribution in [2.45, 2.75) is 13.0 Å². The summed E-state index contributed by atoms with van der Waals surface area (Å²) >= 11 is 0. The first-order chi connectivity index (χ1) is 13.6. The van der Waals surface area contributed by atoms with Crippen LogP contribution in [-0.2, 0) is 27.3 Å². The van der Waals surface area contributed by atoms with Crippen molar-refractivity contribution in [1.82, 2.24) is 14.9 Å². The number of fused-ring (bicyclic) bond motifs is 1. The van der Waals surface area contributed by atoms with Gasteiger partial charge in [0.05, 0.1) is 11.0 Å². The first-order valence-corrected chi connectivity index (χ1v) is 8.82. The molecule has 0 aliphatic carbocycles. The molecule has 2 aromatic carbocycles. The van der Waals surface area contributed by atoms with Crippen LogP contribution in [0.3, 0.4) is 0 Å². The molecule has 3 aromatic rings. The van der Waals surface area contributed by atoms with Gasteiger partial charge in [-0.2, -0.15) is 0 Å². The van der Waals surface area contributed by atoms with E-state index in [0.29, 0.717) is 24.5 Å². The maximum absolute atomic E-state index is 13.0. The Balaban J connectivity index is 1.73. The Kier molecular flexibility index (Phi) is 6.33. The largest absolute Gasteiger partial charge is 0.375 e. The van der Waals surface area contributed by atoms with E-state index in [1.807, 2.05) is 28.8 Å². The van der Waals surface area contributed by atoms with E-state index in [4.69, 9.17) is 4.74 Å². The van der Waals surface area contributed by atoms with Crippen molar-refractivity contribution in [2.75, 3.05) is 25.6 Å². The molecule has 0 unspecified atom stereocenters. The van der Waals surface area contributed by atoms with Gasteiger partial charge in [0.2, 0.25) is 11.8 Å². The molecule has 0 fully saturated rings. The minimum absolute atomic E-state index is 0.00348. The molecule has 146 valence electrons. The third kappa shape index (κ3) is 4.92. The standard InChI is InChI=1S/C20H21FN4O3/c1-28-13-20(27)22-11-10-18-24-16-4-2-3-5-17(16)25(18)12-19(26)23-15-8-6-14(21)7-9-15/h2-9H,10-13H2,1H3,(H,22,27)(H,23,26). The average molecular weight is 384 g/mol. The van der Waals surface area contributed by atoms with Gasteiger partial charge < -0.3 is 19.9 Å². The Hall–Kier alpha value is -3.26. The highest BCUT2D eigenvalue weighted by atomic mass is 19.1. The number of para-hydroxylation sites is 2. The molecule has 0 radical (unpaired) electrons. The Morgan fingerprint density at radius 2 is 1.86 bits per heavy atom. The van der Waals surface area contributed by atoms with Crippen molar-refractivity contribution >= 4 is 28.5 Å². The van der Waals surface area contributed by atoms with E-state index in [0.717, 1.165) is 11.0 Å². The summed E-state index contributed by atoms with van der Waals surface area (Å²) in [6.45, 7) is 0.431. The highest BCUT2D eigenvalue weighted by molar-refractivity contribution is 5.91. The number of benzene rings is 2. The number of hydrogen-bond donors (Lipinski definition) is 2. The van der Waals surface area contributed by atoms with Crippen LogP contribution in [0.15, 0.2) is 48.5 Å². The van der Waals surface area contributed by atoms with Crippen LogP contribution in [0.4, 0.5) is 10.1 Å². The maximum atomic E-state index is 13.0. The summed E-state index contributed by atoms with van der Waals surface area (Å²) in [5.41, 5.74) is 2.12. The fourth-order valence-electron chi connectivity index (χ4n) is 2.87. The molecule has 0 saturated heterocycles. The number of anilines is 1. The number of carbonyl (C=O) groups is 2. The number of halogens is 1. The van der Waals surface area contributed by atoms with Crippen LogP contribution < -0.4 is 10.6 Å². The summed E-state index contributed by atoms with van der Waals surface area (Å²) in [7, 11) is 1.46. The normalized spacial score (nSPS) is 10.8. The average Bonchev–Trinajstić information content (AvgIpc) is 3.01. The molecule has 2 amide bonds. The third-order valence-corrected chi connectivity index (χ3v) is 4.11. The second-order valence-corrected chi connectivity index (χ2v) is 6.19. The number of carbonyl (C=O) groups excluding carboxylic acids is 2. The third-order valence-electron chi connectivity index (χ3n) is 4.11. The molecule has 7 nitrogen and oxygen atoms in total. The van der Waals surface area contributed by atoms with E-state index in [2.05, 4.69) is 15.6 Å². The lowest BCUT2D eigenvalue weighted by Gasteiger charge is -2.11. The number of hydrogen-bond acceptors (Lipinski definition) is 4. The monoisotopic (exact) mass is 384 g/mol. The zero-order chi connectivity index (χ0) is 19.9. The molecule has 0 atom stereocenters. The van der Waals surface area contributed by atoms with Gasteiger partial charge in [-0.3, -0.25) is 9.59 Å². The molecule has 3 rings (SSSR count). The van der Waals surface area contributed by atoms with E-state index in [1.165, 1.54) is 31.4 Å². The number of ether oxygens (including phenoxy) is 1. The molecule has 28 heavy (non-hydrogen) atoms. The van der Waals surface area contributed by atoms with Crippen LogP contribution in [0.2, 0.25) is 0 Å². The Morgan fingerprint density at radius 1 is 1.11 bits per heavy atom. The van der Waals surface area contributed by atoms with Crippen LogP contribution >= 0.6 is 0 Å². The van der Waals surface area contributed by atoms with E-state index in [1.54, 1.807) is 0 Å². The highest BCUT2D eigenvalue weighted by Crippen LogP contribution is 2.17. The number of aromatic nitrogens is 2. The molecule has 1 heterocycles. The molecule has 0 bridgehead atoms. The van der Waals surface area contributed by atoms with E-state index in [-0.39, 0.29) is 30.8 Å². The van der Waals surface area contributed by atoms with Crippen LogP contribution in [-0.4, -0.2) is 41.6 Å². The number of rotatable bonds is 8. The second kappa shape index (κ2) is 9.09. The summed E-state index contributed by atoms with van der Waals surface area (Å²) in [6.07, 6.45) is 0.466. The predicted molar refractivity (Wildman–Crippen MR) is 103 cm³/mol. The van der Waals surface area contributed by atoms with Gasteiger partial charge in [0.25, 0.3) is 0 Å². The van der Waals surface area contributed by atoms with Gasteiger partial charge in [-0.05, 0) is 36.4 Å². The van der Waals surface area contributed by atoms with Gasteiger partial charge in [-0.15, -0.1) is 0 Å². The molecule has 0 spiro atoms. The Labute approximate surface area is 161 Å². The van der Waals surface area contributed by atoms with Crippen molar-refractivity contribution in [1.29, 1.82) is 0 Å². The van der Waals surface area contributed by atoms with Crippen molar-refractivity contribution in [2.24, 2.45) is 0 Å². The highest BCUT2D eigenvalue weighted by Gasteiger charge is 2.14. The smallest absolute Gasteiger partial charge is 0.245 e. The number of amides is 2. The maximum Gasteiger partial charge on any atom is 0.245 e. The van der Waals surface area contributed by atoms with Crippen molar-refractivity contribution < 1.29 is 18.7 Å². The summed E-state index contributed by atoms with van der Waals surface area (Å²) < 4.78 is 19.6. The Morgan fingerprint density at radius 3 is 2.61 bits per heavy atom.